The van der Waals surface area contributed by atoms with Gasteiger partial charge in [-0.1, -0.05) is 0 Å². The molecule has 0 radical (unpaired) electrons. The van der Waals surface area contributed by atoms with E-state index in [1.165, 1.54) is 46.6 Å². The Balaban J connectivity index is 2.66. The van der Waals surface area contributed by atoms with Gasteiger partial charge in [-0.15, -0.1) is 0 Å². The topological polar surface area (TPSA) is 91.4 Å². The molecule has 2 aromatic rings. The zero-order valence-corrected chi connectivity index (χ0v) is 17.2. The number of ether oxygens (including phenoxy) is 4. The van der Waals surface area contributed by atoms with Gasteiger partial charge in [0.25, 0.3) is 10.0 Å². The highest BCUT2D eigenvalue weighted by molar-refractivity contribution is 7.92. The Morgan fingerprint density at radius 2 is 1.57 bits per heavy atom. The minimum atomic E-state index is -4.12. The van der Waals surface area contributed by atoms with Crippen molar-refractivity contribution in [3.05, 3.63) is 42.0 Å². The summed E-state index contributed by atoms with van der Waals surface area (Å²) in [6.45, 7) is 1.20. The lowest BCUT2D eigenvalue weighted by molar-refractivity contribution is -0.138. The monoisotopic (exact) mass is 409 g/mol. The minimum Gasteiger partial charge on any atom is -0.497 e. The molecule has 0 heterocycles. The number of esters is 1. The van der Waals surface area contributed by atoms with Gasteiger partial charge in [-0.25, -0.2) is 8.42 Å². The van der Waals surface area contributed by atoms with Gasteiger partial charge in [0.2, 0.25) is 0 Å². The van der Waals surface area contributed by atoms with E-state index in [1.54, 1.807) is 25.1 Å². The van der Waals surface area contributed by atoms with Crippen molar-refractivity contribution in [2.24, 2.45) is 0 Å². The van der Waals surface area contributed by atoms with E-state index < -0.39 is 22.5 Å². The molecule has 0 saturated heterocycles. The number of carbonyl (C=O) groups is 1. The number of aryl methyl sites for hydroxylation is 1. The van der Waals surface area contributed by atoms with Gasteiger partial charge in [0.05, 0.1) is 39.0 Å². The van der Waals surface area contributed by atoms with Gasteiger partial charge in [-0.05, 0) is 42.8 Å². The van der Waals surface area contributed by atoms with E-state index in [-0.39, 0.29) is 16.3 Å². The van der Waals surface area contributed by atoms with Crippen molar-refractivity contribution in [2.45, 2.75) is 11.8 Å². The largest absolute Gasteiger partial charge is 0.497 e. The van der Waals surface area contributed by atoms with Crippen LogP contribution in [-0.2, 0) is 19.6 Å². The maximum atomic E-state index is 13.4. The maximum Gasteiger partial charge on any atom is 0.326 e. The molecular weight excluding hydrogens is 386 g/mol. The molecule has 28 heavy (non-hydrogen) atoms. The van der Waals surface area contributed by atoms with Gasteiger partial charge in [-0.2, -0.15) is 0 Å². The second-order valence-corrected chi connectivity index (χ2v) is 7.62. The third-order valence-electron chi connectivity index (χ3n) is 4.11. The molecule has 0 bridgehead atoms. The average Bonchev–Trinajstić information content (AvgIpc) is 2.70. The first-order chi connectivity index (χ1) is 13.3. The van der Waals surface area contributed by atoms with Crippen molar-refractivity contribution in [1.82, 2.24) is 0 Å². The molecule has 0 spiro atoms. The van der Waals surface area contributed by atoms with Crippen molar-refractivity contribution in [1.29, 1.82) is 0 Å². The van der Waals surface area contributed by atoms with Gasteiger partial charge >= 0.3 is 5.97 Å². The van der Waals surface area contributed by atoms with Crippen molar-refractivity contribution in [3.63, 3.8) is 0 Å². The van der Waals surface area contributed by atoms with Crippen molar-refractivity contribution < 1.29 is 32.2 Å². The van der Waals surface area contributed by atoms with Crippen LogP contribution in [0, 0.1) is 6.92 Å². The molecule has 0 unspecified atom stereocenters. The molecule has 0 amide bonds. The van der Waals surface area contributed by atoms with E-state index in [4.69, 9.17) is 14.2 Å². The standard InChI is InChI=1S/C19H23NO7S/c1-13-10-15(7-9-17(13)25-3)28(22,23)20(12-19(21)27-5)16-11-14(24-2)6-8-18(16)26-4/h6-11H,12H2,1-5H3. The molecule has 2 aromatic carbocycles. The fourth-order valence-electron chi connectivity index (χ4n) is 2.61. The smallest absolute Gasteiger partial charge is 0.326 e. The van der Waals surface area contributed by atoms with Crippen LogP contribution in [0.1, 0.15) is 5.56 Å². The first-order valence-electron chi connectivity index (χ1n) is 8.24. The number of hydrogen-bond acceptors (Lipinski definition) is 7. The maximum absolute atomic E-state index is 13.4. The summed E-state index contributed by atoms with van der Waals surface area (Å²) >= 11 is 0. The SMILES string of the molecule is COC(=O)CN(c1cc(OC)ccc1OC)S(=O)(=O)c1ccc(OC)c(C)c1. The predicted molar refractivity (Wildman–Crippen MR) is 104 cm³/mol. The third-order valence-corrected chi connectivity index (χ3v) is 5.87. The lowest BCUT2D eigenvalue weighted by Crippen LogP contribution is -2.36. The van der Waals surface area contributed by atoms with Gasteiger partial charge < -0.3 is 18.9 Å². The Morgan fingerprint density at radius 1 is 0.929 bits per heavy atom. The summed E-state index contributed by atoms with van der Waals surface area (Å²) in [6, 6.07) is 9.12. The highest BCUT2D eigenvalue weighted by Gasteiger charge is 2.30. The molecule has 9 heteroatoms. The summed E-state index contributed by atoms with van der Waals surface area (Å²) in [5.41, 5.74) is 0.792. The number of benzene rings is 2. The van der Waals surface area contributed by atoms with E-state index in [2.05, 4.69) is 4.74 Å². The number of carbonyl (C=O) groups excluding carboxylic acids is 1. The second kappa shape index (κ2) is 8.83. The van der Waals surface area contributed by atoms with Gasteiger partial charge in [-0.3, -0.25) is 9.10 Å². The van der Waals surface area contributed by atoms with Crippen LogP contribution >= 0.6 is 0 Å². The molecule has 0 aliphatic carbocycles. The normalized spacial score (nSPS) is 10.9. The van der Waals surface area contributed by atoms with E-state index >= 15 is 0 Å². The van der Waals surface area contributed by atoms with Gasteiger partial charge in [0.15, 0.2) is 0 Å². The fourth-order valence-corrected chi connectivity index (χ4v) is 4.11. The zero-order valence-electron chi connectivity index (χ0n) is 16.4. The predicted octanol–water partition coefficient (Wildman–Crippen LogP) is 2.39. The number of rotatable bonds is 8. The number of sulfonamides is 1. The van der Waals surface area contributed by atoms with Crippen LogP contribution in [-0.4, -0.2) is 49.4 Å². The Morgan fingerprint density at radius 3 is 2.11 bits per heavy atom. The Labute approximate surface area is 164 Å². The summed E-state index contributed by atoms with van der Waals surface area (Å²) in [7, 11) is 1.43. The Hall–Kier alpha value is -2.94. The second-order valence-electron chi connectivity index (χ2n) is 5.76. The first-order valence-corrected chi connectivity index (χ1v) is 9.68. The third kappa shape index (κ3) is 4.30. The quantitative estimate of drug-likeness (QED) is 0.618. The lowest BCUT2D eigenvalue weighted by atomic mass is 10.2. The van der Waals surface area contributed by atoms with E-state index in [0.717, 1.165) is 4.31 Å². The van der Waals surface area contributed by atoms with Crippen molar-refractivity contribution >= 4 is 21.7 Å². The van der Waals surface area contributed by atoms with Crippen LogP contribution in [0.2, 0.25) is 0 Å². The van der Waals surface area contributed by atoms with Crippen LogP contribution in [0.3, 0.4) is 0 Å². The molecule has 0 aliphatic heterocycles. The molecule has 0 atom stereocenters. The van der Waals surface area contributed by atoms with Crippen LogP contribution in [0.15, 0.2) is 41.3 Å². The lowest BCUT2D eigenvalue weighted by Gasteiger charge is -2.25. The summed E-state index contributed by atoms with van der Waals surface area (Å²) in [5.74, 6) is 0.501. The number of methoxy groups -OCH3 is 4. The number of anilines is 1. The molecule has 2 rings (SSSR count). The molecule has 152 valence electrons. The number of nitrogens with zero attached hydrogens (tertiary/aromatic N) is 1. The first kappa shape index (κ1) is 21.4. The Bertz CT molecular complexity index is 957. The van der Waals surface area contributed by atoms with E-state index in [1.807, 2.05) is 0 Å². The molecule has 0 fully saturated rings. The Kier molecular flexibility index (Phi) is 6.74. The average molecular weight is 409 g/mol. The van der Waals surface area contributed by atoms with Crippen LogP contribution in [0.4, 0.5) is 5.69 Å². The highest BCUT2D eigenvalue weighted by atomic mass is 32.2. The van der Waals surface area contributed by atoms with Gasteiger partial charge in [0.1, 0.15) is 23.8 Å². The molecule has 0 saturated carbocycles. The number of hydrogen-bond donors (Lipinski definition) is 0. The van der Waals surface area contributed by atoms with Crippen LogP contribution < -0.4 is 18.5 Å². The molecule has 0 N–H and O–H groups in total. The van der Waals surface area contributed by atoms with Crippen LogP contribution in [0.5, 0.6) is 17.2 Å². The van der Waals surface area contributed by atoms with Crippen molar-refractivity contribution in [2.75, 3.05) is 39.3 Å². The molecule has 0 aliphatic rings. The molecule has 8 nitrogen and oxygen atoms in total. The summed E-state index contributed by atoms with van der Waals surface area (Å²) in [4.78, 5) is 12.0. The van der Waals surface area contributed by atoms with E-state index in [9.17, 15) is 13.2 Å². The van der Waals surface area contributed by atoms with E-state index in [0.29, 0.717) is 17.1 Å². The minimum absolute atomic E-state index is 0.000393. The summed E-state index contributed by atoms with van der Waals surface area (Å²) in [5, 5.41) is 0. The summed E-state index contributed by atoms with van der Waals surface area (Å²) in [6.07, 6.45) is 0. The van der Waals surface area contributed by atoms with Crippen molar-refractivity contribution in [3.8, 4) is 17.2 Å². The van der Waals surface area contributed by atoms with Crippen LogP contribution in [0.25, 0.3) is 0 Å². The zero-order chi connectivity index (χ0) is 20.9. The molecular formula is C19H23NO7S. The summed E-state index contributed by atoms with van der Waals surface area (Å²) < 4.78 is 48.1. The highest BCUT2D eigenvalue weighted by Crippen LogP contribution is 2.36. The fraction of sp³-hybridized carbons (Fsp3) is 0.316. The molecule has 0 aromatic heterocycles. The van der Waals surface area contributed by atoms with Gasteiger partial charge in [0, 0.05) is 6.07 Å².